The third-order valence-corrected chi connectivity index (χ3v) is 4.97. The summed E-state index contributed by atoms with van der Waals surface area (Å²) in [4.78, 5) is 3.48. The number of aromatic nitrogens is 1. The number of sulfone groups is 1. The Kier molecular flexibility index (Phi) is 4.92. The molecule has 0 saturated carbocycles. The maximum atomic E-state index is 14.0. The van der Waals surface area contributed by atoms with Gasteiger partial charge in [0.05, 0.1) is 12.0 Å². The molecule has 0 saturated heterocycles. The number of hydrogen-bond donors (Lipinski definition) is 0. The Morgan fingerprint density at radius 3 is 2.25 bits per heavy atom. The van der Waals surface area contributed by atoms with Gasteiger partial charge in [-0.05, 0) is 36.4 Å². The quantitative estimate of drug-likeness (QED) is 0.584. The lowest BCUT2D eigenvalue weighted by Crippen LogP contribution is -2.05. The van der Waals surface area contributed by atoms with Gasteiger partial charge in [-0.15, -0.1) is 0 Å². The largest absolute Gasteiger partial charge is 0.493 e. The molecule has 0 unspecified atom stereocenters. The van der Waals surface area contributed by atoms with E-state index in [0.29, 0.717) is 0 Å². The van der Waals surface area contributed by atoms with E-state index in [-0.39, 0.29) is 33.2 Å². The van der Waals surface area contributed by atoms with Crippen LogP contribution < -0.4 is 4.74 Å². The molecule has 3 rings (SSSR count). The highest BCUT2D eigenvalue weighted by molar-refractivity contribution is 7.90. The number of halogens is 4. The van der Waals surface area contributed by atoms with Crippen molar-refractivity contribution < 1.29 is 35.1 Å². The van der Waals surface area contributed by atoms with E-state index in [4.69, 9.17) is 9.15 Å². The molecule has 148 valence electrons. The van der Waals surface area contributed by atoms with E-state index in [1.54, 1.807) is 0 Å². The van der Waals surface area contributed by atoms with Crippen LogP contribution in [0.15, 0.2) is 51.8 Å². The number of para-hydroxylation sites is 1. The summed E-state index contributed by atoms with van der Waals surface area (Å²) in [6, 6.07) is 8.76. The summed E-state index contributed by atoms with van der Waals surface area (Å²) in [7, 11) is -2.32. The highest BCUT2D eigenvalue weighted by Gasteiger charge is 2.39. The molecular weight excluding hydrogens is 402 g/mol. The van der Waals surface area contributed by atoms with Gasteiger partial charge in [0.25, 0.3) is 0 Å². The van der Waals surface area contributed by atoms with Crippen molar-refractivity contribution in [2.45, 2.75) is 11.1 Å². The maximum absolute atomic E-state index is 14.0. The zero-order valence-electron chi connectivity index (χ0n) is 14.5. The highest BCUT2D eigenvalue weighted by Crippen LogP contribution is 2.42. The Hall–Kier alpha value is -2.88. The number of hydrogen-bond acceptors (Lipinski definition) is 5. The third-order valence-electron chi connectivity index (χ3n) is 3.84. The first-order valence-corrected chi connectivity index (χ1v) is 9.63. The summed E-state index contributed by atoms with van der Waals surface area (Å²) < 4.78 is 86.5. The molecule has 2 aromatic carbocycles. The minimum atomic E-state index is -4.87. The van der Waals surface area contributed by atoms with Gasteiger partial charge in [0.1, 0.15) is 5.69 Å². The number of nitrogens with zero attached hydrogens (tertiary/aromatic N) is 1. The van der Waals surface area contributed by atoms with Crippen LogP contribution in [0.2, 0.25) is 0 Å². The van der Waals surface area contributed by atoms with E-state index in [0.717, 1.165) is 12.3 Å². The fourth-order valence-corrected chi connectivity index (χ4v) is 3.21. The van der Waals surface area contributed by atoms with Crippen molar-refractivity contribution in [3.8, 4) is 28.3 Å². The van der Waals surface area contributed by atoms with E-state index in [9.17, 15) is 26.0 Å². The predicted molar refractivity (Wildman–Crippen MR) is 92.0 cm³/mol. The van der Waals surface area contributed by atoms with Crippen LogP contribution >= 0.6 is 0 Å². The van der Waals surface area contributed by atoms with Crippen molar-refractivity contribution in [2.24, 2.45) is 0 Å². The molecule has 0 radical (unpaired) electrons. The Morgan fingerprint density at radius 1 is 1.07 bits per heavy atom. The lowest BCUT2D eigenvalue weighted by molar-refractivity contribution is -0.156. The van der Waals surface area contributed by atoms with Gasteiger partial charge in [0.2, 0.25) is 0 Å². The van der Waals surface area contributed by atoms with Crippen LogP contribution in [0.4, 0.5) is 17.6 Å². The molecule has 0 bridgehead atoms. The minimum Gasteiger partial charge on any atom is -0.493 e. The van der Waals surface area contributed by atoms with Gasteiger partial charge in [0.15, 0.2) is 27.2 Å². The van der Waals surface area contributed by atoms with Crippen LogP contribution in [0.1, 0.15) is 5.89 Å². The molecule has 0 aliphatic heterocycles. The van der Waals surface area contributed by atoms with Crippen LogP contribution in [0.3, 0.4) is 0 Å². The molecule has 0 N–H and O–H groups in total. The second-order valence-electron chi connectivity index (χ2n) is 5.81. The fourth-order valence-electron chi connectivity index (χ4n) is 2.58. The standard InChI is InChI=1S/C18H13F4NO4S/c1-26-16-12(4-3-5-13(16)19)14-15(27-17(23-14)18(20,21)22)10-6-8-11(9-7-10)28(2,24)25/h3-9H,1-2H3. The molecule has 1 heterocycles. The zero-order chi connectivity index (χ0) is 20.7. The van der Waals surface area contributed by atoms with E-state index in [1.807, 2.05) is 0 Å². The summed E-state index contributed by atoms with van der Waals surface area (Å²) >= 11 is 0. The summed E-state index contributed by atoms with van der Waals surface area (Å²) in [6.07, 6.45) is -3.87. The Balaban J connectivity index is 2.24. The first-order valence-electron chi connectivity index (χ1n) is 7.73. The average Bonchev–Trinajstić information content (AvgIpc) is 3.06. The van der Waals surface area contributed by atoms with Gasteiger partial charge < -0.3 is 9.15 Å². The summed E-state index contributed by atoms with van der Waals surface area (Å²) in [5.74, 6) is -2.89. The first-order chi connectivity index (χ1) is 13.0. The highest BCUT2D eigenvalue weighted by atomic mass is 32.2. The topological polar surface area (TPSA) is 69.4 Å². The van der Waals surface area contributed by atoms with Crippen LogP contribution in [0, 0.1) is 5.82 Å². The Morgan fingerprint density at radius 2 is 1.71 bits per heavy atom. The van der Waals surface area contributed by atoms with Gasteiger partial charge in [0, 0.05) is 17.4 Å². The fraction of sp³-hybridized carbons (Fsp3) is 0.167. The SMILES string of the molecule is COc1c(F)cccc1-c1nc(C(F)(F)F)oc1-c1ccc(S(C)(=O)=O)cc1. The van der Waals surface area contributed by atoms with Gasteiger partial charge >= 0.3 is 12.1 Å². The molecule has 1 aromatic heterocycles. The van der Waals surface area contributed by atoms with Gasteiger partial charge in [-0.25, -0.2) is 17.8 Å². The monoisotopic (exact) mass is 415 g/mol. The smallest absolute Gasteiger partial charge is 0.468 e. The van der Waals surface area contributed by atoms with Crippen molar-refractivity contribution in [1.82, 2.24) is 4.98 Å². The lowest BCUT2D eigenvalue weighted by Gasteiger charge is -2.08. The van der Waals surface area contributed by atoms with E-state index >= 15 is 0 Å². The summed E-state index contributed by atoms with van der Waals surface area (Å²) in [6.45, 7) is 0. The molecule has 0 amide bonds. The molecule has 5 nitrogen and oxygen atoms in total. The van der Waals surface area contributed by atoms with Crippen molar-refractivity contribution >= 4 is 9.84 Å². The molecule has 10 heteroatoms. The average molecular weight is 415 g/mol. The van der Waals surface area contributed by atoms with Crippen LogP contribution in [-0.4, -0.2) is 26.8 Å². The minimum absolute atomic E-state index is 0.0169. The van der Waals surface area contributed by atoms with Crippen LogP contribution in [0.5, 0.6) is 5.75 Å². The van der Waals surface area contributed by atoms with Crippen molar-refractivity contribution in [3.63, 3.8) is 0 Å². The lowest BCUT2D eigenvalue weighted by atomic mass is 10.0. The molecular formula is C18H13F4NO4S. The predicted octanol–water partition coefficient (Wildman–Crippen LogP) is 4.58. The molecule has 0 fully saturated rings. The van der Waals surface area contributed by atoms with Crippen molar-refractivity contribution in [2.75, 3.05) is 13.4 Å². The van der Waals surface area contributed by atoms with Crippen LogP contribution in [0.25, 0.3) is 22.6 Å². The summed E-state index contributed by atoms with van der Waals surface area (Å²) in [5, 5.41) is 0. The first kappa shape index (κ1) is 19.9. The molecule has 0 aliphatic carbocycles. The van der Waals surface area contributed by atoms with Gasteiger partial charge in [-0.1, -0.05) is 6.07 Å². The second-order valence-corrected chi connectivity index (χ2v) is 7.83. The maximum Gasteiger partial charge on any atom is 0.468 e. The van der Waals surface area contributed by atoms with Crippen molar-refractivity contribution in [3.05, 3.63) is 54.2 Å². The second kappa shape index (κ2) is 6.93. The van der Waals surface area contributed by atoms with Gasteiger partial charge in [-0.3, -0.25) is 0 Å². The molecule has 0 aliphatic rings. The van der Waals surface area contributed by atoms with E-state index < -0.39 is 27.7 Å². The third kappa shape index (κ3) is 3.72. The molecule has 0 atom stereocenters. The Bertz CT molecular complexity index is 1120. The van der Waals surface area contributed by atoms with E-state index in [1.165, 1.54) is 43.5 Å². The summed E-state index contributed by atoms with van der Waals surface area (Å²) in [5.41, 5.74) is -0.184. The Labute approximate surface area is 157 Å². The number of methoxy groups -OCH3 is 1. The molecule has 0 spiro atoms. The number of alkyl halides is 3. The normalized spacial score (nSPS) is 12.2. The number of benzene rings is 2. The molecule has 28 heavy (non-hydrogen) atoms. The number of ether oxygens (including phenoxy) is 1. The zero-order valence-corrected chi connectivity index (χ0v) is 15.4. The van der Waals surface area contributed by atoms with Crippen LogP contribution in [-0.2, 0) is 16.0 Å². The van der Waals surface area contributed by atoms with Gasteiger partial charge in [-0.2, -0.15) is 13.2 Å². The molecule has 3 aromatic rings. The number of oxazole rings is 1. The van der Waals surface area contributed by atoms with E-state index in [2.05, 4.69) is 4.98 Å². The van der Waals surface area contributed by atoms with Crippen molar-refractivity contribution in [1.29, 1.82) is 0 Å². The number of rotatable bonds is 4.